The van der Waals surface area contributed by atoms with Crippen LogP contribution in [0.25, 0.3) is 11.3 Å². The Balaban J connectivity index is 1.92. The van der Waals surface area contributed by atoms with Crippen molar-refractivity contribution in [3.8, 4) is 17.1 Å². The van der Waals surface area contributed by atoms with Crippen molar-refractivity contribution in [1.29, 1.82) is 0 Å². The zero-order valence-electron chi connectivity index (χ0n) is 14.3. The monoisotopic (exact) mass is 439 g/mol. The second-order valence-electron chi connectivity index (χ2n) is 5.56. The van der Waals surface area contributed by atoms with E-state index < -0.39 is 11.9 Å². The van der Waals surface area contributed by atoms with E-state index >= 15 is 0 Å². The number of rotatable bonds is 5. The number of ether oxygens (including phenoxy) is 1. The lowest BCUT2D eigenvalue weighted by molar-refractivity contribution is 0.0696. The van der Waals surface area contributed by atoms with E-state index in [9.17, 15) is 14.7 Å². The molecule has 1 heterocycles. The quantitative estimate of drug-likeness (QED) is 0.518. The van der Waals surface area contributed by atoms with Crippen molar-refractivity contribution in [3.63, 3.8) is 0 Å². The third-order valence-corrected chi connectivity index (χ3v) is 4.89. The topological polar surface area (TPSA) is 88.8 Å². The van der Waals surface area contributed by atoms with Crippen molar-refractivity contribution in [1.82, 2.24) is 0 Å². The van der Waals surface area contributed by atoms with Crippen LogP contribution in [0.4, 0.5) is 5.69 Å². The predicted octanol–water partition coefficient (Wildman–Crippen LogP) is 5.87. The van der Waals surface area contributed by atoms with Gasteiger partial charge >= 0.3 is 5.97 Å². The number of hydrogen-bond donors (Lipinski definition) is 2. The molecule has 144 valence electrons. The summed E-state index contributed by atoms with van der Waals surface area (Å²) in [6, 6.07) is 10.5. The molecule has 9 heteroatoms. The van der Waals surface area contributed by atoms with Crippen LogP contribution >= 0.6 is 34.8 Å². The number of nitrogens with one attached hydrogen (secondary N) is 1. The Morgan fingerprint density at radius 1 is 1.07 bits per heavy atom. The Hall–Kier alpha value is -2.67. The van der Waals surface area contributed by atoms with Crippen LogP contribution in [0.1, 0.15) is 20.9 Å². The smallest absolute Gasteiger partial charge is 0.335 e. The first-order valence-electron chi connectivity index (χ1n) is 7.78. The minimum atomic E-state index is -1.20. The first-order chi connectivity index (χ1) is 13.3. The van der Waals surface area contributed by atoms with Crippen molar-refractivity contribution >= 4 is 52.4 Å². The number of aromatic carboxylic acids is 1. The second kappa shape index (κ2) is 8.14. The predicted molar refractivity (Wildman–Crippen MR) is 107 cm³/mol. The molecule has 0 aliphatic carbocycles. The second-order valence-corrected chi connectivity index (χ2v) is 6.76. The van der Waals surface area contributed by atoms with E-state index in [1.54, 1.807) is 24.3 Å². The van der Waals surface area contributed by atoms with Gasteiger partial charge in [-0.25, -0.2) is 4.79 Å². The van der Waals surface area contributed by atoms with Gasteiger partial charge in [0.1, 0.15) is 5.76 Å². The maximum Gasteiger partial charge on any atom is 0.335 e. The third-order valence-electron chi connectivity index (χ3n) is 3.79. The number of hydrogen-bond acceptors (Lipinski definition) is 4. The van der Waals surface area contributed by atoms with Gasteiger partial charge in [0.25, 0.3) is 5.91 Å². The molecular formula is C19H12Cl3NO5. The summed E-state index contributed by atoms with van der Waals surface area (Å²) in [5.74, 6) is -1.37. The van der Waals surface area contributed by atoms with Crippen molar-refractivity contribution < 1.29 is 23.8 Å². The van der Waals surface area contributed by atoms with E-state index in [0.29, 0.717) is 21.4 Å². The van der Waals surface area contributed by atoms with Gasteiger partial charge in [-0.15, -0.1) is 0 Å². The highest BCUT2D eigenvalue weighted by Gasteiger charge is 2.19. The number of carboxylic acids is 1. The Morgan fingerprint density at radius 2 is 1.82 bits per heavy atom. The van der Waals surface area contributed by atoms with Crippen LogP contribution in [0.3, 0.4) is 0 Å². The number of carbonyl (C=O) groups is 2. The number of amides is 1. The average Bonchev–Trinajstić information content (AvgIpc) is 3.13. The standard InChI is InChI=1S/C19H12Cl3NO5/c1-27-17-12(21)7-9(19(25)26)8-13(17)23-18(24)15-6-5-14(28-15)10-3-2-4-11(20)16(10)22/h2-8H,1H3,(H,23,24)(H,25,26). The molecule has 3 aromatic rings. The fourth-order valence-corrected chi connectivity index (χ4v) is 3.19. The molecule has 2 aromatic carbocycles. The van der Waals surface area contributed by atoms with E-state index in [0.717, 1.165) is 0 Å². The number of carbonyl (C=O) groups excluding carboxylic acids is 1. The highest BCUT2D eigenvalue weighted by Crippen LogP contribution is 2.36. The summed E-state index contributed by atoms with van der Waals surface area (Å²) in [4.78, 5) is 23.8. The Bertz CT molecular complexity index is 1080. The first-order valence-corrected chi connectivity index (χ1v) is 8.91. The summed E-state index contributed by atoms with van der Waals surface area (Å²) in [6.07, 6.45) is 0. The number of anilines is 1. The third kappa shape index (κ3) is 3.94. The number of furan rings is 1. The molecule has 0 radical (unpaired) electrons. The molecule has 0 saturated carbocycles. The zero-order valence-corrected chi connectivity index (χ0v) is 16.5. The van der Waals surface area contributed by atoms with Crippen molar-refractivity contribution in [2.75, 3.05) is 12.4 Å². The maximum absolute atomic E-state index is 12.6. The van der Waals surface area contributed by atoms with E-state index in [1.807, 2.05) is 0 Å². The minimum Gasteiger partial charge on any atom is -0.493 e. The van der Waals surface area contributed by atoms with Crippen LogP contribution in [0, 0.1) is 0 Å². The maximum atomic E-state index is 12.6. The summed E-state index contributed by atoms with van der Waals surface area (Å²) in [5, 5.41) is 12.4. The van der Waals surface area contributed by atoms with Crippen molar-refractivity contribution in [3.05, 3.63) is 68.9 Å². The Kier molecular flexibility index (Phi) is 5.84. The summed E-state index contributed by atoms with van der Waals surface area (Å²) in [5.41, 5.74) is 0.518. The van der Waals surface area contributed by atoms with E-state index in [4.69, 9.17) is 44.0 Å². The molecule has 6 nitrogen and oxygen atoms in total. The molecule has 0 atom stereocenters. The van der Waals surface area contributed by atoms with Gasteiger partial charge in [0.2, 0.25) is 0 Å². The van der Waals surface area contributed by atoms with E-state index in [1.165, 1.54) is 25.3 Å². The summed E-state index contributed by atoms with van der Waals surface area (Å²) in [6.45, 7) is 0. The average molecular weight is 441 g/mol. The summed E-state index contributed by atoms with van der Waals surface area (Å²) < 4.78 is 10.7. The van der Waals surface area contributed by atoms with Crippen LogP contribution in [0.5, 0.6) is 5.75 Å². The molecule has 0 aliphatic heterocycles. The molecular weight excluding hydrogens is 429 g/mol. The molecule has 0 unspecified atom stereocenters. The molecule has 1 amide bonds. The Labute approximate surface area is 174 Å². The van der Waals surface area contributed by atoms with Crippen molar-refractivity contribution in [2.24, 2.45) is 0 Å². The van der Waals surface area contributed by atoms with E-state index in [-0.39, 0.29) is 27.8 Å². The van der Waals surface area contributed by atoms with Gasteiger partial charge in [-0.1, -0.05) is 40.9 Å². The fourth-order valence-electron chi connectivity index (χ4n) is 2.50. The van der Waals surface area contributed by atoms with Gasteiger partial charge in [0.05, 0.1) is 33.4 Å². The van der Waals surface area contributed by atoms with Gasteiger partial charge in [-0.05, 0) is 36.4 Å². The van der Waals surface area contributed by atoms with Crippen molar-refractivity contribution in [2.45, 2.75) is 0 Å². The lowest BCUT2D eigenvalue weighted by Gasteiger charge is -2.12. The van der Waals surface area contributed by atoms with Gasteiger partial charge in [-0.3, -0.25) is 4.79 Å². The summed E-state index contributed by atoms with van der Waals surface area (Å²) >= 11 is 18.2. The molecule has 3 rings (SSSR count). The summed E-state index contributed by atoms with van der Waals surface area (Å²) in [7, 11) is 1.35. The van der Waals surface area contributed by atoms with Gasteiger partial charge in [0.15, 0.2) is 11.5 Å². The molecule has 0 saturated heterocycles. The first kappa shape index (κ1) is 20.1. The number of halogens is 3. The fraction of sp³-hybridized carbons (Fsp3) is 0.0526. The highest BCUT2D eigenvalue weighted by atomic mass is 35.5. The molecule has 28 heavy (non-hydrogen) atoms. The number of methoxy groups -OCH3 is 1. The van der Waals surface area contributed by atoms with E-state index in [2.05, 4.69) is 5.32 Å². The highest BCUT2D eigenvalue weighted by molar-refractivity contribution is 6.43. The zero-order chi connectivity index (χ0) is 20.4. The lowest BCUT2D eigenvalue weighted by Crippen LogP contribution is -2.13. The van der Waals surface area contributed by atoms with Crippen LogP contribution in [-0.4, -0.2) is 24.1 Å². The molecule has 0 bridgehead atoms. The molecule has 0 fully saturated rings. The number of benzene rings is 2. The molecule has 0 aliphatic rings. The minimum absolute atomic E-state index is 0.0232. The van der Waals surface area contributed by atoms with Crippen LogP contribution in [0.15, 0.2) is 46.9 Å². The van der Waals surface area contributed by atoms with Gasteiger partial charge in [0, 0.05) is 5.56 Å². The van der Waals surface area contributed by atoms with Crippen LogP contribution < -0.4 is 10.1 Å². The van der Waals surface area contributed by atoms with Gasteiger partial charge < -0.3 is 19.6 Å². The van der Waals surface area contributed by atoms with Crippen LogP contribution in [0.2, 0.25) is 15.1 Å². The lowest BCUT2D eigenvalue weighted by atomic mass is 10.1. The van der Waals surface area contributed by atoms with Crippen LogP contribution in [-0.2, 0) is 0 Å². The number of carboxylic acid groups (broad SMARTS) is 1. The SMILES string of the molecule is COc1c(Cl)cc(C(=O)O)cc1NC(=O)c1ccc(-c2cccc(Cl)c2Cl)o1. The molecule has 1 aromatic heterocycles. The Morgan fingerprint density at radius 3 is 2.50 bits per heavy atom. The van der Waals surface area contributed by atoms with Gasteiger partial charge in [-0.2, -0.15) is 0 Å². The molecule has 0 spiro atoms. The normalized spacial score (nSPS) is 10.6. The largest absolute Gasteiger partial charge is 0.493 e. The molecule has 2 N–H and O–H groups in total.